The van der Waals surface area contributed by atoms with E-state index in [1.54, 1.807) is 6.20 Å². The molecule has 0 aliphatic heterocycles. The Morgan fingerprint density at radius 1 is 1.06 bits per heavy atom. The van der Waals surface area contributed by atoms with Crippen molar-refractivity contribution >= 4 is 21.8 Å². The Bertz CT molecular complexity index is 987. The summed E-state index contributed by atoms with van der Waals surface area (Å²) in [6.07, 6.45) is 4.10. The van der Waals surface area contributed by atoms with Crippen LogP contribution in [0, 0.1) is 6.92 Å². The van der Waals surface area contributed by atoms with Gasteiger partial charge in [-0.25, -0.2) is 4.98 Å². The van der Waals surface area contributed by atoms with Gasteiger partial charge in [-0.1, -0.05) is 25.5 Å². The number of ether oxygens (including phenoxy) is 3. The molecule has 3 rings (SSSR count). The zero-order valence-corrected chi connectivity index (χ0v) is 20.2. The van der Waals surface area contributed by atoms with Gasteiger partial charge in [-0.3, -0.25) is 9.19 Å². The number of pyridine rings is 1. The van der Waals surface area contributed by atoms with Crippen LogP contribution in [0.15, 0.2) is 41.7 Å². The third-order valence-electron chi connectivity index (χ3n) is 5.30. The molecule has 2 aromatic heterocycles. The van der Waals surface area contributed by atoms with E-state index in [-0.39, 0.29) is 5.75 Å². The van der Waals surface area contributed by atoms with Gasteiger partial charge < -0.3 is 19.2 Å². The number of H-pyrrole nitrogens is 1. The number of nitrogens with one attached hydrogen (secondary N) is 1. The second kappa shape index (κ2) is 11.5. The summed E-state index contributed by atoms with van der Waals surface area (Å²) in [6, 6.07) is 9.49. The number of rotatable bonds is 13. The minimum absolute atomic E-state index is 0.264. The van der Waals surface area contributed by atoms with Crippen molar-refractivity contribution in [3.8, 4) is 5.75 Å². The highest BCUT2D eigenvalue weighted by molar-refractivity contribution is 7.84. The van der Waals surface area contributed by atoms with E-state index < -0.39 is 16.6 Å². The molecule has 7 nitrogen and oxygen atoms in total. The summed E-state index contributed by atoms with van der Waals surface area (Å²) in [5.74, 6) is 0.376. The molecule has 0 bridgehead atoms. The van der Waals surface area contributed by atoms with E-state index in [0.717, 1.165) is 40.9 Å². The van der Waals surface area contributed by atoms with Crippen molar-refractivity contribution in [3.05, 3.63) is 47.8 Å². The molecule has 0 fully saturated rings. The van der Waals surface area contributed by atoms with Crippen molar-refractivity contribution in [2.75, 3.05) is 19.8 Å². The van der Waals surface area contributed by atoms with E-state index in [4.69, 9.17) is 14.2 Å². The Labute approximate surface area is 192 Å². The maximum Gasteiger partial charge on any atom is 0.197 e. The molecule has 0 aliphatic carbocycles. The van der Waals surface area contributed by atoms with Crippen molar-refractivity contribution in [3.63, 3.8) is 0 Å². The van der Waals surface area contributed by atoms with E-state index in [2.05, 4.69) is 21.9 Å². The molecule has 3 aromatic rings. The maximum absolute atomic E-state index is 12.9. The second-order valence-corrected chi connectivity index (χ2v) is 8.92. The van der Waals surface area contributed by atoms with E-state index >= 15 is 0 Å². The van der Waals surface area contributed by atoms with Crippen LogP contribution in [0.3, 0.4) is 0 Å². The van der Waals surface area contributed by atoms with Crippen molar-refractivity contribution in [1.82, 2.24) is 15.0 Å². The molecule has 0 aliphatic rings. The molecule has 32 heavy (non-hydrogen) atoms. The molecule has 2 heterocycles. The normalized spacial score (nSPS) is 12.9. The molecule has 1 N–H and O–H groups in total. The number of aromatic nitrogens is 3. The van der Waals surface area contributed by atoms with Crippen LogP contribution in [-0.4, -0.2) is 44.8 Å². The van der Waals surface area contributed by atoms with Gasteiger partial charge in [0.05, 0.1) is 39.9 Å². The van der Waals surface area contributed by atoms with E-state index in [1.807, 2.05) is 51.1 Å². The lowest BCUT2D eigenvalue weighted by Crippen LogP contribution is -2.38. The van der Waals surface area contributed by atoms with Gasteiger partial charge in [0.2, 0.25) is 0 Å². The van der Waals surface area contributed by atoms with Crippen LogP contribution in [0.1, 0.15) is 51.3 Å². The van der Waals surface area contributed by atoms with Gasteiger partial charge in [-0.15, -0.1) is 0 Å². The monoisotopic (exact) mass is 459 g/mol. The van der Waals surface area contributed by atoms with E-state index in [9.17, 15) is 4.21 Å². The quantitative estimate of drug-likeness (QED) is 0.365. The highest BCUT2D eigenvalue weighted by Crippen LogP contribution is 2.27. The summed E-state index contributed by atoms with van der Waals surface area (Å²) in [5, 5.41) is 0.455. The first-order chi connectivity index (χ1) is 15.5. The zero-order chi connectivity index (χ0) is 23.0. The molecule has 0 radical (unpaired) electrons. The highest BCUT2D eigenvalue weighted by Gasteiger charge is 2.30. The van der Waals surface area contributed by atoms with Crippen molar-refractivity contribution < 1.29 is 18.4 Å². The van der Waals surface area contributed by atoms with Gasteiger partial charge in [0.1, 0.15) is 5.75 Å². The largest absolute Gasteiger partial charge is 0.493 e. The van der Waals surface area contributed by atoms with Crippen LogP contribution in [-0.2, 0) is 26.0 Å². The van der Waals surface area contributed by atoms with Crippen LogP contribution in [0.25, 0.3) is 11.0 Å². The summed E-state index contributed by atoms with van der Waals surface area (Å²) >= 11 is 0. The van der Waals surface area contributed by atoms with Crippen molar-refractivity contribution in [2.45, 2.75) is 63.7 Å². The van der Waals surface area contributed by atoms with Gasteiger partial charge in [0.15, 0.2) is 10.9 Å². The second-order valence-electron chi connectivity index (χ2n) is 7.55. The lowest BCUT2D eigenvalue weighted by Gasteiger charge is -2.33. The Hall–Kier alpha value is -2.29. The average Bonchev–Trinajstić information content (AvgIpc) is 3.21. The van der Waals surface area contributed by atoms with Gasteiger partial charge in [-0.2, -0.15) is 0 Å². The predicted octanol–water partition coefficient (Wildman–Crippen LogP) is 4.91. The number of hydrogen-bond donors (Lipinski definition) is 1. The van der Waals surface area contributed by atoms with Crippen molar-refractivity contribution in [2.24, 2.45) is 0 Å². The molecule has 1 aromatic carbocycles. The Morgan fingerprint density at radius 2 is 1.81 bits per heavy atom. The van der Waals surface area contributed by atoms with Crippen LogP contribution in [0.4, 0.5) is 0 Å². The van der Waals surface area contributed by atoms with Crippen LogP contribution in [0.5, 0.6) is 5.75 Å². The topological polar surface area (TPSA) is 86.3 Å². The highest BCUT2D eigenvalue weighted by atomic mass is 32.2. The number of hydrogen-bond acceptors (Lipinski definition) is 6. The number of benzene rings is 1. The van der Waals surface area contributed by atoms with Crippen LogP contribution >= 0.6 is 0 Å². The number of fused-ring (bicyclic) bond motifs is 1. The molecule has 1 atom stereocenters. The molecule has 0 amide bonds. The van der Waals surface area contributed by atoms with Crippen molar-refractivity contribution in [1.29, 1.82) is 0 Å². The first-order valence-electron chi connectivity index (χ1n) is 11.2. The summed E-state index contributed by atoms with van der Waals surface area (Å²) in [6.45, 7) is 9.65. The zero-order valence-electron chi connectivity index (χ0n) is 19.3. The summed E-state index contributed by atoms with van der Waals surface area (Å²) in [5.41, 5.74) is 3.29. The van der Waals surface area contributed by atoms with E-state index in [0.29, 0.717) is 31.4 Å². The SMILES string of the molecule is CCCC(CCOc1ccnc(CS(=O)c2nc3ccccc3[nH]2)c1C)(OCC)OCC. The van der Waals surface area contributed by atoms with Gasteiger partial charge in [-0.05, 0) is 39.0 Å². The molecule has 1 unspecified atom stereocenters. The minimum atomic E-state index is -1.34. The smallest absolute Gasteiger partial charge is 0.197 e. The van der Waals surface area contributed by atoms with Crippen LogP contribution in [0.2, 0.25) is 0 Å². The lowest BCUT2D eigenvalue weighted by molar-refractivity contribution is -0.243. The van der Waals surface area contributed by atoms with Gasteiger partial charge >= 0.3 is 0 Å². The molecule has 0 spiro atoms. The Kier molecular flexibility index (Phi) is 8.78. The fraction of sp³-hybridized carbons (Fsp3) is 0.500. The number of aromatic amines is 1. The molecule has 8 heteroatoms. The summed E-state index contributed by atoms with van der Waals surface area (Å²) in [7, 11) is -1.34. The third kappa shape index (κ3) is 5.94. The number of imidazole rings is 1. The number of nitrogens with zero attached hydrogens (tertiary/aromatic N) is 2. The van der Waals surface area contributed by atoms with Crippen LogP contribution < -0.4 is 4.74 Å². The molecular weight excluding hydrogens is 426 g/mol. The first kappa shape index (κ1) is 24.4. The Morgan fingerprint density at radius 3 is 2.50 bits per heavy atom. The summed E-state index contributed by atoms with van der Waals surface area (Å²) in [4.78, 5) is 12.0. The maximum atomic E-state index is 12.9. The van der Waals surface area contributed by atoms with Gasteiger partial charge in [0.25, 0.3) is 0 Å². The standard InChI is InChI=1S/C24H33N3O4S/c1-5-13-24(30-6-2,31-7-3)14-16-29-22-12-15-25-21(18(22)4)17-32(28)23-26-19-10-8-9-11-20(19)27-23/h8-12,15H,5-7,13-14,16-17H2,1-4H3,(H,26,27). The molecular formula is C24H33N3O4S. The molecule has 0 saturated heterocycles. The average molecular weight is 460 g/mol. The van der Waals surface area contributed by atoms with Gasteiger partial charge in [0, 0.05) is 37.8 Å². The fourth-order valence-corrected chi connectivity index (χ4v) is 4.87. The third-order valence-corrected chi connectivity index (χ3v) is 6.46. The predicted molar refractivity (Wildman–Crippen MR) is 126 cm³/mol. The first-order valence-corrected chi connectivity index (χ1v) is 12.5. The minimum Gasteiger partial charge on any atom is -0.493 e. The number of para-hydroxylation sites is 2. The molecule has 0 saturated carbocycles. The Balaban J connectivity index is 1.67. The summed E-state index contributed by atoms with van der Waals surface area (Å²) < 4.78 is 30.9. The molecule has 174 valence electrons. The lowest BCUT2D eigenvalue weighted by atomic mass is 10.1. The fourth-order valence-electron chi connectivity index (χ4n) is 3.77. The van der Waals surface area contributed by atoms with E-state index in [1.165, 1.54) is 0 Å².